The standard InChI is InChI=1S/C30H45N3O4/c1-4-5-6-7-8-9-16-29(35)32-22-25-17-18-27(34)28(21-25)37-20-13-12-19-31-24(3)30(36)33-26-15-11-10-14-23(26)2/h10-11,14-15,17-18,21,24,31,34H,4-9,12-13,16,19-20,22H2,1-3H3,(H,32,35)(H,33,36). The number of aryl methyl sites for hydroxylation is 1. The van der Waals surface area contributed by atoms with Crippen LogP contribution in [-0.4, -0.2) is 36.1 Å². The number of hydrogen-bond donors (Lipinski definition) is 4. The first-order chi connectivity index (χ1) is 17.9. The average Bonchev–Trinajstić information content (AvgIpc) is 2.89. The highest BCUT2D eigenvalue weighted by Gasteiger charge is 2.13. The molecule has 4 N–H and O–H groups in total. The van der Waals surface area contributed by atoms with E-state index in [0.717, 1.165) is 42.5 Å². The lowest BCUT2D eigenvalue weighted by molar-refractivity contribution is -0.121. The molecule has 0 aliphatic heterocycles. The van der Waals surface area contributed by atoms with Gasteiger partial charge in [0.05, 0.1) is 12.6 Å². The molecule has 0 aliphatic rings. The van der Waals surface area contributed by atoms with Crippen LogP contribution in [0, 0.1) is 6.92 Å². The number of unbranched alkanes of at least 4 members (excludes halogenated alkanes) is 6. The van der Waals surface area contributed by atoms with E-state index in [9.17, 15) is 14.7 Å². The van der Waals surface area contributed by atoms with Crippen molar-refractivity contribution in [3.63, 3.8) is 0 Å². The van der Waals surface area contributed by atoms with E-state index in [1.807, 2.05) is 38.1 Å². The zero-order chi connectivity index (χ0) is 26.9. The molecule has 2 aromatic carbocycles. The summed E-state index contributed by atoms with van der Waals surface area (Å²) in [4.78, 5) is 24.5. The monoisotopic (exact) mass is 511 g/mol. The fourth-order valence-electron chi connectivity index (χ4n) is 3.91. The Kier molecular flexibility index (Phi) is 14.2. The first-order valence-corrected chi connectivity index (χ1v) is 13.7. The van der Waals surface area contributed by atoms with E-state index in [-0.39, 0.29) is 23.6 Å². The third-order valence-electron chi connectivity index (χ3n) is 6.35. The van der Waals surface area contributed by atoms with Crippen molar-refractivity contribution in [2.75, 3.05) is 18.5 Å². The summed E-state index contributed by atoms with van der Waals surface area (Å²) in [6.45, 7) is 7.56. The number of rotatable bonds is 18. The van der Waals surface area contributed by atoms with Crippen molar-refractivity contribution in [3.8, 4) is 11.5 Å². The van der Waals surface area contributed by atoms with E-state index in [1.54, 1.807) is 18.2 Å². The zero-order valence-corrected chi connectivity index (χ0v) is 22.8. The van der Waals surface area contributed by atoms with Gasteiger partial charge in [-0.1, -0.05) is 63.3 Å². The van der Waals surface area contributed by atoms with E-state index in [1.165, 1.54) is 25.7 Å². The van der Waals surface area contributed by atoms with Gasteiger partial charge in [-0.3, -0.25) is 9.59 Å². The maximum Gasteiger partial charge on any atom is 0.241 e. The van der Waals surface area contributed by atoms with Gasteiger partial charge in [0, 0.05) is 18.7 Å². The van der Waals surface area contributed by atoms with Gasteiger partial charge < -0.3 is 25.8 Å². The second kappa shape index (κ2) is 17.4. The number of nitrogens with one attached hydrogen (secondary N) is 3. The Labute approximate surface area is 222 Å². The molecule has 0 aliphatic carbocycles. The molecule has 0 fully saturated rings. The van der Waals surface area contributed by atoms with Gasteiger partial charge in [0.25, 0.3) is 0 Å². The zero-order valence-electron chi connectivity index (χ0n) is 22.8. The predicted octanol–water partition coefficient (Wildman–Crippen LogP) is 5.84. The number of phenols is 1. The number of hydrogen-bond acceptors (Lipinski definition) is 5. The van der Waals surface area contributed by atoms with E-state index in [2.05, 4.69) is 22.9 Å². The molecule has 0 aromatic heterocycles. The van der Waals surface area contributed by atoms with Crippen LogP contribution in [0.5, 0.6) is 11.5 Å². The molecule has 2 aromatic rings. The fourth-order valence-corrected chi connectivity index (χ4v) is 3.91. The summed E-state index contributed by atoms with van der Waals surface area (Å²) in [5, 5.41) is 19.3. The number of carbonyl (C=O) groups excluding carboxylic acids is 2. The maximum atomic E-state index is 12.4. The summed E-state index contributed by atoms with van der Waals surface area (Å²) in [5.74, 6) is 0.495. The van der Waals surface area contributed by atoms with Crippen LogP contribution < -0.4 is 20.7 Å². The molecule has 0 heterocycles. The number of anilines is 1. The van der Waals surface area contributed by atoms with Crippen LogP contribution >= 0.6 is 0 Å². The minimum atomic E-state index is -0.308. The highest BCUT2D eigenvalue weighted by atomic mass is 16.5. The first-order valence-electron chi connectivity index (χ1n) is 13.7. The van der Waals surface area contributed by atoms with E-state index >= 15 is 0 Å². The van der Waals surface area contributed by atoms with Gasteiger partial charge in [-0.05, 0) is 69.0 Å². The molecule has 37 heavy (non-hydrogen) atoms. The Morgan fingerprint density at radius 1 is 0.973 bits per heavy atom. The largest absolute Gasteiger partial charge is 0.504 e. The summed E-state index contributed by atoms with van der Waals surface area (Å²) in [7, 11) is 0. The van der Waals surface area contributed by atoms with Gasteiger partial charge in [-0.25, -0.2) is 0 Å². The smallest absolute Gasteiger partial charge is 0.241 e. The highest BCUT2D eigenvalue weighted by molar-refractivity contribution is 5.95. The third kappa shape index (κ3) is 12.2. The molecular formula is C30H45N3O4. The maximum absolute atomic E-state index is 12.4. The first kappa shape index (κ1) is 30.2. The molecule has 7 nitrogen and oxygen atoms in total. The Hall–Kier alpha value is -3.06. The molecule has 0 saturated carbocycles. The minimum Gasteiger partial charge on any atom is -0.504 e. The highest BCUT2D eigenvalue weighted by Crippen LogP contribution is 2.27. The molecule has 1 unspecified atom stereocenters. The Balaban J connectivity index is 1.61. The van der Waals surface area contributed by atoms with Gasteiger partial charge in [0.2, 0.25) is 11.8 Å². The van der Waals surface area contributed by atoms with Gasteiger partial charge >= 0.3 is 0 Å². The van der Waals surface area contributed by atoms with Gasteiger partial charge in [0.1, 0.15) is 0 Å². The fraction of sp³-hybridized carbons (Fsp3) is 0.533. The lowest BCUT2D eigenvalue weighted by Crippen LogP contribution is -2.38. The van der Waals surface area contributed by atoms with Crippen molar-refractivity contribution in [1.82, 2.24) is 10.6 Å². The molecule has 2 amide bonds. The number of ether oxygens (including phenoxy) is 1. The molecule has 0 bridgehead atoms. The van der Waals surface area contributed by atoms with Crippen molar-refractivity contribution >= 4 is 17.5 Å². The van der Waals surface area contributed by atoms with E-state index in [0.29, 0.717) is 31.9 Å². The summed E-state index contributed by atoms with van der Waals surface area (Å²) >= 11 is 0. The lowest BCUT2D eigenvalue weighted by atomic mass is 10.1. The molecule has 0 radical (unpaired) electrons. The van der Waals surface area contributed by atoms with E-state index < -0.39 is 0 Å². The van der Waals surface area contributed by atoms with E-state index in [4.69, 9.17) is 4.74 Å². The van der Waals surface area contributed by atoms with Gasteiger partial charge in [0.15, 0.2) is 11.5 Å². The van der Waals surface area contributed by atoms with Crippen molar-refractivity contribution in [2.24, 2.45) is 0 Å². The predicted molar refractivity (Wildman–Crippen MR) is 150 cm³/mol. The minimum absolute atomic E-state index is 0.0559. The normalized spacial score (nSPS) is 11.6. The van der Waals surface area contributed by atoms with Crippen molar-refractivity contribution in [3.05, 3.63) is 53.6 Å². The molecule has 2 rings (SSSR count). The van der Waals surface area contributed by atoms with Crippen LogP contribution in [0.25, 0.3) is 0 Å². The molecule has 7 heteroatoms. The molecule has 0 spiro atoms. The molecule has 0 saturated heterocycles. The topological polar surface area (TPSA) is 99.7 Å². The van der Waals surface area contributed by atoms with Crippen LogP contribution in [0.1, 0.15) is 82.8 Å². The van der Waals surface area contributed by atoms with Gasteiger partial charge in [-0.15, -0.1) is 0 Å². The van der Waals surface area contributed by atoms with Crippen molar-refractivity contribution in [2.45, 2.75) is 91.1 Å². The number of aromatic hydroxyl groups is 1. The summed E-state index contributed by atoms with van der Waals surface area (Å²) in [6.07, 6.45) is 9.10. The molecular weight excluding hydrogens is 466 g/mol. The molecule has 204 valence electrons. The second-order valence-corrected chi connectivity index (χ2v) is 9.63. The Morgan fingerprint density at radius 3 is 2.51 bits per heavy atom. The summed E-state index contributed by atoms with van der Waals surface area (Å²) in [6, 6.07) is 12.6. The number of benzene rings is 2. The second-order valence-electron chi connectivity index (χ2n) is 9.63. The Bertz CT molecular complexity index is 964. The number of amides is 2. The Morgan fingerprint density at radius 2 is 1.73 bits per heavy atom. The van der Waals surface area contributed by atoms with Crippen LogP contribution in [0.4, 0.5) is 5.69 Å². The number of carbonyl (C=O) groups is 2. The summed E-state index contributed by atoms with van der Waals surface area (Å²) < 4.78 is 5.77. The molecule has 1 atom stereocenters. The number of para-hydroxylation sites is 1. The lowest BCUT2D eigenvalue weighted by Gasteiger charge is -2.15. The van der Waals surface area contributed by atoms with Crippen molar-refractivity contribution in [1.29, 1.82) is 0 Å². The third-order valence-corrected chi connectivity index (χ3v) is 6.35. The SMILES string of the molecule is CCCCCCCCC(=O)NCc1ccc(O)c(OCCCCNC(C)C(=O)Nc2ccccc2C)c1. The number of phenolic OH excluding ortho intramolecular Hbond substituents is 1. The van der Waals surface area contributed by atoms with Crippen LogP contribution in [-0.2, 0) is 16.1 Å². The van der Waals surface area contributed by atoms with Gasteiger partial charge in [-0.2, -0.15) is 0 Å². The summed E-state index contributed by atoms with van der Waals surface area (Å²) in [5.41, 5.74) is 2.75. The average molecular weight is 512 g/mol. The van der Waals surface area contributed by atoms with Crippen LogP contribution in [0.3, 0.4) is 0 Å². The van der Waals surface area contributed by atoms with Crippen LogP contribution in [0.15, 0.2) is 42.5 Å². The van der Waals surface area contributed by atoms with Crippen molar-refractivity contribution < 1.29 is 19.4 Å². The quantitative estimate of drug-likeness (QED) is 0.188. The van der Waals surface area contributed by atoms with Crippen LogP contribution in [0.2, 0.25) is 0 Å².